The number of benzene rings is 1. The maximum absolute atomic E-state index is 12.6. The van der Waals surface area contributed by atoms with E-state index in [0.717, 1.165) is 25.7 Å². The quantitative estimate of drug-likeness (QED) is 0.909. The molecular weight excluding hydrogens is 314 g/mol. The Morgan fingerprint density at radius 3 is 2.68 bits per heavy atom. The third-order valence-electron chi connectivity index (χ3n) is 5.08. The van der Waals surface area contributed by atoms with Crippen molar-refractivity contribution in [3.05, 3.63) is 59.7 Å². The number of carbonyl (C=O) groups excluding carboxylic acids is 1. The molecule has 1 amide bonds. The molecule has 132 valence electrons. The number of amides is 1. The minimum Gasteiger partial charge on any atom is -0.393 e. The normalized spacial score (nSPS) is 16.6. The first-order valence-electron chi connectivity index (χ1n) is 8.93. The highest BCUT2D eigenvalue weighted by molar-refractivity contribution is 5.94. The van der Waals surface area contributed by atoms with E-state index >= 15 is 0 Å². The fourth-order valence-electron chi connectivity index (χ4n) is 3.45. The predicted octanol–water partition coefficient (Wildman–Crippen LogP) is 2.63. The lowest BCUT2D eigenvalue weighted by Crippen LogP contribution is -2.41. The van der Waals surface area contributed by atoms with Crippen molar-refractivity contribution in [2.45, 2.75) is 38.7 Å². The summed E-state index contributed by atoms with van der Waals surface area (Å²) in [5.74, 6) is 0.260. The lowest BCUT2D eigenvalue weighted by molar-refractivity contribution is 0.0436. The SMILES string of the molecule is Cc1ncncc1C(=O)N1CCC([C@H](O)CCc2ccccc2)CC1. The van der Waals surface area contributed by atoms with E-state index in [4.69, 9.17) is 0 Å². The van der Waals surface area contributed by atoms with E-state index in [1.54, 1.807) is 6.20 Å². The third kappa shape index (κ3) is 4.42. The van der Waals surface area contributed by atoms with Crippen LogP contribution in [0.1, 0.15) is 40.9 Å². The Labute approximate surface area is 148 Å². The van der Waals surface area contributed by atoms with E-state index in [0.29, 0.717) is 24.3 Å². The number of nitrogens with zero attached hydrogens (tertiary/aromatic N) is 3. The number of hydrogen-bond acceptors (Lipinski definition) is 4. The van der Waals surface area contributed by atoms with Gasteiger partial charge in [0.15, 0.2) is 0 Å². The van der Waals surface area contributed by atoms with Crippen LogP contribution in [-0.4, -0.2) is 45.1 Å². The molecule has 0 spiro atoms. The second-order valence-corrected chi connectivity index (χ2v) is 6.74. The van der Waals surface area contributed by atoms with Crippen molar-refractivity contribution in [2.24, 2.45) is 5.92 Å². The number of rotatable bonds is 5. The van der Waals surface area contributed by atoms with Crippen molar-refractivity contribution in [1.82, 2.24) is 14.9 Å². The van der Waals surface area contributed by atoms with Gasteiger partial charge in [-0.1, -0.05) is 30.3 Å². The van der Waals surface area contributed by atoms with Gasteiger partial charge in [0.2, 0.25) is 0 Å². The maximum atomic E-state index is 12.6. The number of aryl methyl sites for hydroxylation is 2. The number of piperidine rings is 1. The first-order chi connectivity index (χ1) is 12.1. The summed E-state index contributed by atoms with van der Waals surface area (Å²) in [6.07, 6.45) is 6.09. The number of aliphatic hydroxyl groups is 1. The second-order valence-electron chi connectivity index (χ2n) is 6.74. The van der Waals surface area contributed by atoms with Gasteiger partial charge in [-0.2, -0.15) is 0 Å². The summed E-state index contributed by atoms with van der Waals surface area (Å²) in [6, 6.07) is 10.3. The molecule has 0 bridgehead atoms. The Kier molecular flexibility index (Phi) is 5.76. The Bertz CT molecular complexity index is 697. The third-order valence-corrected chi connectivity index (χ3v) is 5.08. The summed E-state index contributed by atoms with van der Waals surface area (Å²) < 4.78 is 0. The molecule has 1 atom stereocenters. The van der Waals surface area contributed by atoms with Crippen LogP contribution in [0.4, 0.5) is 0 Å². The number of aromatic nitrogens is 2. The van der Waals surface area contributed by atoms with Crippen molar-refractivity contribution in [1.29, 1.82) is 0 Å². The Hall–Kier alpha value is -2.27. The molecule has 1 aromatic carbocycles. The second kappa shape index (κ2) is 8.21. The van der Waals surface area contributed by atoms with Crippen LogP contribution >= 0.6 is 0 Å². The van der Waals surface area contributed by atoms with Gasteiger partial charge >= 0.3 is 0 Å². The van der Waals surface area contributed by atoms with Gasteiger partial charge in [0.1, 0.15) is 6.33 Å². The first-order valence-corrected chi connectivity index (χ1v) is 8.93. The van der Waals surface area contributed by atoms with Crippen LogP contribution in [0.5, 0.6) is 0 Å². The molecule has 1 aliphatic rings. The van der Waals surface area contributed by atoms with Crippen molar-refractivity contribution < 1.29 is 9.90 Å². The highest BCUT2D eigenvalue weighted by atomic mass is 16.3. The average Bonchev–Trinajstić information content (AvgIpc) is 2.67. The summed E-state index contributed by atoms with van der Waals surface area (Å²) in [5, 5.41) is 10.5. The lowest BCUT2D eigenvalue weighted by Gasteiger charge is -2.34. The molecule has 0 aliphatic carbocycles. The zero-order chi connectivity index (χ0) is 17.6. The highest BCUT2D eigenvalue weighted by Crippen LogP contribution is 2.24. The van der Waals surface area contributed by atoms with Gasteiger partial charge < -0.3 is 10.0 Å². The Morgan fingerprint density at radius 1 is 1.28 bits per heavy atom. The van der Waals surface area contributed by atoms with E-state index < -0.39 is 0 Å². The van der Waals surface area contributed by atoms with E-state index in [1.807, 2.05) is 30.0 Å². The van der Waals surface area contributed by atoms with Gasteiger partial charge in [-0.05, 0) is 44.1 Å². The van der Waals surface area contributed by atoms with Crippen LogP contribution in [0.15, 0.2) is 42.9 Å². The van der Waals surface area contributed by atoms with E-state index in [-0.39, 0.29) is 17.9 Å². The fraction of sp³-hybridized carbons (Fsp3) is 0.450. The van der Waals surface area contributed by atoms with Crippen LogP contribution in [-0.2, 0) is 6.42 Å². The molecule has 0 saturated carbocycles. The van der Waals surface area contributed by atoms with Gasteiger partial charge in [-0.25, -0.2) is 9.97 Å². The summed E-state index contributed by atoms with van der Waals surface area (Å²) in [4.78, 5) is 22.5. The first kappa shape index (κ1) is 17.5. The topological polar surface area (TPSA) is 66.3 Å². The van der Waals surface area contributed by atoms with Crippen LogP contribution in [0.3, 0.4) is 0 Å². The van der Waals surface area contributed by atoms with Crippen LogP contribution in [0.25, 0.3) is 0 Å². The molecule has 1 saturated heterocycles. The number of likely N-dealkylation sites (tertiary alicyclic amines) is 1. The number of carbonyl (C=O) groups is 1. The van der Waals surface area contributed by atoms with E-state index in [2.05, 4.69) is 22.1 Å². The molecule has 0 radical (unpaired) electrons. The summed E-state index contributed by atoms with van der Waals surface area (Å²) in [7, 11) is 0. The van der Waals surface area contributed by atoms with Gasteiger partial charge in [-0.3, -0.25) is 4.79 Å². The Balaban J connectivity index is 1.49. The van der Waals surface area contributed by atoms with Gasteiger partial charge in [-0.15, -0.1) is 0 Å². The van der Waals surface area contributed by atoms with Crippen LogP contribution in [0.2, 0.25) is 0 Å². The van der Waals surface area contributed by atoms with Crippen molar-refractivity contribution in [2.75, 3.05) is 13.1 Å². The lowest BCUT2D eigenvalue weighted by atomic mass is 9.88. The van der Waals surface area contributed by atoms with Gasteiger partial charge in [0.25, 0.3) is 5.91 Å². The van der Waals surface area contributed by atoms with E-state index in [1.165, 1.54) is 11.9 Å². The van der Waals surface area contributed by atoms with Crippen molar-refractivity contribution in [3.8, 4) is 0 Å². The smallest absolute Gasteiger partial charge is 0.257 e. The molecule has 5 nitrogen and oxygen atoms in total. The minimum atomic E-state index is -0.306. The molecular formula is C20H25N3O2. The largest absolute Gasteiger partial charge is 0.393 e. The van der Waals surface area contributed by atoms with Crippen LogP contribution < -0.4 is 0 Å². The molecule has 1 fully saturated rings. The molecule has 0 unspecified atom stereocenters. The molecule has 5 heteroatoms. The zero-order valence-corrected chi connectivity index (χ0v) is 14.6. The maximum Gasteiger partial charge on any atom is 0.257 e. The van der Waals surface area contributed by atoms with Crippen molar-refractivity contribution >= 4 is 5.91 Å². The minimum absolute atomic E-state index is 0.00433. The number of hydrogen-bond donors (Lipinski definition) is 1. The number of aliphatic hydroxyl groups excluding tert-OH is 1. The predicted molar refractivity (Wildman–Crippen MR) is 96.2 cm³/mol. The summed E-state index contributed by atoms with van der Waals surface area (Å²) in [5.41, 5.74) is 2.55. The average molecular weight is 339 g/mol. The summed E-state index contributed by atoms with van der Waals surface area (Å²) in [6.45, 7) is 3.19. The molecule has 3 rings (SSSR count). The standard InChI is InChI=1S/C20H25N3O2/c1-15-18(13-21-14-22-15)20(25)23-11-9-17(10-12-23)19(24)8-7-16-5-3-2-4-6-16/h2-6,13-14,17,19,24H,7-12H2,1H3/t19-/m1/s1. The molecule has 1 aliphatic heterocycles. The molecule has 1 aromatic heterocycles. The zero-order valence-electron chi connectivity index (χ0n) is 14.6. The van der Waals surface area contributed by atoms with Gasteiger partial charge in [0.05, 0.1) is 17.4 Å². The fourth-order valence-corrected chi connectivity index (χ4v) is 3.45. The summed E-state index contributed by atoms with van der Waals surface area (Å²) >= 11 is 0. The highest BCUT2D eigenvalue weighted by Gasteiger charge is 2.28. The Morgan fingerprint density at radius 2 is 2.00 bits per heavy atom. The monoisotopic (exact) mass is 339 g/mol. The molecule has 2 aromatic rings. The van der Waals surface area contributed by atoms with Gasteiger partial charge in [0, 0.05) is 19.3 Å². The van der Waals surface area contributed by atoms with E-state index in [9.17, 15) is 9.90 Å². The van der Waals surface area contributed by atoms with Crippen molar-refractivity contribution in [3.63, 3.8) is 0 Å². The molecule has 1 N–H and O–H groups in total. The molecule has 25 heavy (non-hydrogen) atoms. The molecule has 2 heterocycles. The van der Waals surface area contributed by atoms with Crippen LogP contribution in [0, 0.1) is 12.8 Å².